The van der Waals surface area contributed by atoms with Gasteiger partial charge in [0, 0.05) is 5.56 Å². The second-order valence-electron chi connectivity index (χ2n) is 2.56. The molecule has 6 heteroatoms. The molecule has 1 aromatic carbocycles. The van der Waals surface area contributed by atoms with E-state index < -0.39 is 11.6 Å². The van der Waals surface area contributed by atoms with Gasteiger partial charge >= 0.3 is 4.84 Å². The van der Waals surface area contributed by atoms with E-state index in [0.717, 1.165) is 12.1 Å². The number of aromatic nitrogens is 2. The summed E-state index contributed by atoms with van der Waals surface area (Å²) in [6.07, 6.45) is 0. The van der Waals surface area contributed by atoms with Crippen LogP contribution >= 0.6 is 12.2 Å². The predicted octanol–water partition coefficient (Wildman–Crippen LogP) is 2.68. The van der Waals surface area contributed by atoms with E-state index >= 15 is 0 Å². The number of hydrogen-bond donors (Lipinski definition) is 1. The summed E-state index contributed by atoms with van der Waals surface area (Å²) in [6, 6.07) is 3.40. The average molecular weight is 214 g/mol. The molecule has 0 spiro atoms. The van der Waals surface area contributed by atoms with E-state index in [4.69, 9.17) is 0 Å². The number of halogens is 2. The first-order valence-corrected chi connectivity index (χ1v) is 4.08. The first-order chi connectivity index (χ1) is 6.66. The molecular weight excluding hydrogens is 210 g/mol. The molecule has 0 atom stereocenters. The van der Waals surface area contributed by atoms with Crippen molar-refractivity contribution in [3.05, 3.63) is 34.7 Å². The third-order valence-electron chi connectivity index (χ3n) is 1.63. The summed E-state index contributed by atoms with van der Waals surface area (Å²) in [5.41, 5.74) is 0.378. The van der Waals surface area contributed by atoms with E-state index in [1.165, 1.54) is 6.07 Å². The molecule has 1 heterocycles. The van der Waals surface area contributed by atoms with Crippen molar-refractivity contribution < 1.29 is 13.3 Å². The number of nitrogens with zero attached hydrogens (tertiary/aromatic N) is 1. The van der Waals surface area contributed by atoms with Gasteiger partial charge in [0.2, 0.25) is 0 Å². The number of rotatable bonds is 1. The molecule has 0 aliphatic carbocycles. The minimum atomic E-state index is -0.940. The lowest BCUT2D eigenvalue weighted by atomic mass is 10.2. The molecule has 0 aliphatic heterocycles. The average Bonchev–Trinajstić information content (AvgIpc) is 2.57. The normalized spacial score (nSPS) is 10.4. The molecule has 3 nitrogen and oxygen atoms in total. The van der Waals surface area contributed by atoms with E-state index in [9.17, 15) is 8.78 Å². The predicted molar refractivity (Wildman–Crippen MR) is 47.0 cm³/mol. The van der Waals surface area contributed by atoms with Gasteiger partial charge in [-0.05, 0) is 30.4 Å². The number of benzene rings is 1. The number of aromatic amines is 1. The van der Waals surface area contributed by atoms with Crippen LogP contribution in [0.3, 0.4) is 0 Å². The maximum Gasteiger partial charge on any atom is 0.314 e. The van der Waals surface area contributed by atoms with Gasteiger partial charge in [-0.15, -0.1) is 0 Å². The van der Waals surface area contributed by atoms with Gasteiger partial charge in [0.25, 0.3) is 0 Å². The first-order valence-electron chi connectivity index (χ1n) is 3.68. The Bertz CT molecular complexity index is 520. The Balaban J connectivity index is 2.52. The molecule has 72 valence electrons. The fourth-order valence-electron chi connectivity index (χ4n) is 0.996. The molecule has 0 saturated heterocycles. The molecular formula is C8H4F2N2OS. The van der Waals surface area contributed by atoms with Crippen molar-refractivity contribution in [2.24, 2.45) is 0 Å². The van der Waals surface area contributed by atoms with Gasteiger partial charge in [0.1, 0.15) is 0 Å². The summed E-state index contributed by atoms with van der Waals surface area (Å²) in [4.78, 5) is 3.77. The van der Waals surface area contributed by atoms with E-state index in [1.54, 1.807) is 0 Å². The maximum atomic E-state index is 12.8. The SMILES string of the molecule is Fc1ccc(-c2nc(=S)o[nH]2)cc1F. The van der Waals surface area contributed by atoms with Gasteiger partial charge in [-0.3, -0.25) is 0 Å². The fourth-order valence-corrected chi connectivity index (χ4v) is 1.13. The summed E-state index contributed by atoms with van der Waals surface area (Å²) >= 11 is 4.61. The smallest absolute Gasteiger partial charge is 0.314 e. The zero-order valence-electron chi connectivity index (χ0n) is 6.75. The van der Waals surface area contributed by atoms with Gasteiger partial charge < -0.3 is 4.52 Å². The quantitative estimate of drug-likeness (QED) is 0.742. The Hall–Kier alpha value is -1.56. The molecule has 0 aliphatic rings. The van der Waals surface area contributed by atoms with Crippen LogP contribution in [-0.2, 0) is 0 Å². The van der Waals surface area contributed by atoms with Crippen molar-refractivity contribution in [1.29, 1.82) is 0 Å². The van der Waals surface area contributed by atoms with Crippen molar-refractivity contribution in [1.82, 2.24) is 10.1 Å². The molecule has 0 amide bonds. The van der Waals surface area contributed by atoms with Crippen LogP contribution in [0, 0.1) is 16.5 Å². The minimum Gasteiger partial charge on any atom is -0.348 e. The monoisotopic (exact) mass is 214 g/mol. The molecule has 14 heavy (non-hydrogen) atoms. The van der Waals surface area contributed by atoms with E-state index in [0.29, 0.717) is 5.56 Å². The molecule has 0 bridgehead atoms. The largest absolute Gasteiger partial charge is 0.348 e. The van der Waals surface area contributed by atoms with Crippen LogP contribution in [0.1, 0.15) is 0 Å². The van der Waals surface area contributed by atoms with Crippen LogP contribution in [0.15, 0.2) is 22.7 Å². The van der Waals surface area contributed by atoms with Gasteiger partial charge in [0.05, 0.1) is 0 Å². The summed E-state index contributed by atoms with van der Waals surface area (Å²) in [5, 5.41) is 2.39. The van der Waals surface area contributed by atoms with Gasteiger partial charge in [-0.25, -0.2) is 13.9 Å². The van der Waals surface area contributed by atoms with Crippen LogP contribution in [0.25, 0.3) is 11.4 Å². The number of nitrogens with one attached hydrogen (secondary N) is 1. The summed E-state index contributed by atoms with van der Waals surface area (Å²) in [7, 11) is 0. The molecule has 0 fully saturated rings. The highest BCUT2D eigenvalue weighted by Gasteiger charge is 2.06. The third-order valence-corrected chi connectivity index (χ3v) is 1.81. The Kier molecular flexibility index (Phi) is 2.12. The zero-order chi connectivity index (χ0) is 10.1. The first kappa shape index (κ1) is 9.01. The van der Waals surface area contributed by atoms with Crippen LogP contribution < -0.4 is 0 Å². The Morgan fingerprint density at radius 2 is 2.07 bits per heavy atom. The Labute approximate surface area is 82.4 Å². The zero-order valence-corrected chi connectivity index (χ0v) is 7.57. The lowest BCUT2D eigenvalue weighted by Gasteiger charge is -1.95. The topological polar surface area (TPSA) is 41.8 Å². The fraction of sp³-hybridized carbons (Fsp3) is 0. The van der Waals surface area contributed by atoms with Crippen LogP contribution in [0.4, 0.5) is 8.78 Å². The second kappa shape index (κ2) is 3.30. The lowest BCUT2D eigenvalue weighted by Crippen LogP contribution is -1.86. The molecule has 0 unspecified atom stereocenters. The molecule has 1 N–H and O–H groups in total. The van der Waals surface area contributed by atoms with Crippen LogP contribution in [0.5, 0.6) is 0 Å². The number of H-pyrrole nitrogens is 1. The van der Waals surface area contributed by atoms with Crippen molar-refractivity contribution in [2.45, 2.75) is 0 Å². The highest BCUT2D eigenvalue weighted by molar-refractivity contribution is 7.71. The summed E-state index contributed by atoms with van der Waals surface area (Å²) in [5.74, 6) is -1.57. The molecule has 2 rings (SSSR count). The van der Waals surface area contributed by atoms with Gasteiger partial charge in [-0.1, -0.05) is 0 Å². The minimum absolute atomic E-state index is 0.0183. The van der Waals surface area contributed by atoms with Crippen molar-refractivity contribution in [3.63, 3.8) is 0 Å². The molecule has 0 radical (unpaired) electrons. The summed E-state index contributed by atoms with van der Waals surface area (Å²) < 4.78 is 30.0. The highest BCUT2D eigenvalue weighted by Crippen LogP contribution is 2.17. The van der Waals surface area contributed by atoms with Crippen molar-refractivity contribution in [3.8, 4) is 11.4 Å². The van der Waals surface area contributed by atoms with Gasteiger partial charge in [-0.2, -0.15) is 4.98 Å². The van der Waals surface area contributed by atoms with Crippen LogP contribution in [-0.4, -0.2) is 10.1 Å². The highest BCUT2D eigenvalue weighted by atomic mass is 32.1. The Morgan fingerprint density at radius 1 is 1.29 bits per heavy atom. The van der Waals surface area contributed by atoms with E-state index in [-0.39, 0.29) is 10.7 Å². The Morgan fingerprint density at radius 3 is 2.64 bits per heavy atom. The third kappa shape index (κ3) is 1.56. The number of hydrogen-bond acceptors (Lipinski definition) is 3. The molecule has 2 aromatic rings. The van der Waals surface area contributed by atoms with Crippen molar-refractivity contribution >= 4 is 12.2 Å². The summed E-state index contributed by atoms with van der Waals surface area (Å²) in [6.45, 7) is 0. The molecule has 0 saturated carbocycles. The second-order valence-corrected chi connectivity index (χ2v) is 2.91. The molecule has 1 aromatic heterocycles. The van der Waals surface area contributed by atoms with E-state index in [1.807, 2.05) is 0 Å². The standard InChI is InChI=1S/C8H4F2N2OS/c9-5-2-1-4(3-6(5)10)7-11-8(14)13-12-7/h1-3H,(H,11,12,14). The van der Waals surface area contributed by atoms with Gasteiger partial charge in [0.15, 0.2) is 17.5 Å². The lowest BCUT2D eigenvalue weighted by molar-refractivity contribution is 0.406. The van der Waals surface area contributed by atoms with Crippen LogP contribution in [0.2, 0.25) is 0 Å². The maximum absolute atomic E-state index is 12.8. The van der Waals surface area contributed by atoms with E-state index in [2.05, 4.69) is 26.9 Å². The van der Waals surface area contributed by atoms with Crippen molar-refractivity contribution in [2.75, 3.05) is 0 Å².